The summed E-state index contributed by atoms with van der Waals surface area (Å²) in [5.74, 6) is -0.459. The van der Waals surface area contributed by atoms with Crippen LogP contribution in [0, 0.1) is 6.92 Å². The Labute approximate surface area is 180 Å². The smallest absolute Gasteiger partial charge is 0.412 e. The highest BCUT2D eigenvalue weighted by Gasteiger charge is 2.20. The Morgan fingerprint density at radius 2 is 1.65 bits per heavy atom. The van der Waals surface area contributed by atoms with Crippen molar-refractivity contribution in [3.05, 3.63) is 76.2 Å². The average Bonchev–Trinajstić information content (AvgIpc) is 2.90. The third-order valence-electron chi connectivity index (χ3n) is 4.56. The van der Waals surface area contributed by atoms with Gasteiger partial charge in [0.1, 0.15) is 11.3 Å². The normalized spacial score (nSPS) is 11.1. The molecule has 0 atom stereocenters. The highest BCUT2D eigenvalue weighted by Crippen LogP contribution is 2.17. The van der Waals surface area contributed by atoms with Crippen molar-refractivity contribution in [3.63, 3.8) is 0 Å². The summed E-state index contributed by atoms with van der Waals surface area (Å²) in [6.45, 7) is 7.06. The van der Waals surface area contributed by atoms with Crippen LogP contribution in [-0.2, 0) is 11.8 Å². The van der Waals surface area contributed by atoms with Gasteiger partial charge in [-0.05, 0) is 58.0 Å². The van der Waals surface area contributed by atoms with E-state index in [9.17, 15) is 14.4 Å². The van der Waals surface area contributed by atoms with Crippen LogP contribution in [0.3, 0.4) is 0 Å². The summed E-state index contributed by atoms with van der Waals surface area (Å²) in [7, 11) is 1.75. The molecule has 0 aliphatic carbocycles. The summed E-state index contributed by atoms with van der Waals surface area (Å²) < 4.78 is 8.41. The lowest BCUT2D eigenvalue weighted by molar-refractivity contribution is 0.0635. The van der Waals surface area contributed by atoms with E-state index in [1.54, 1.807) is 57.6 Å². The highest BCUT2D eigenvalue weighted by molar-refractivity contribution is 6.05. The molecule has 0 spiro atoms. The van der Waals surface area contributed by atoms with E-state index in [0.717, 1.165) is 0 Å². The summed E-state index contributed by atoms with van der Waals surface area (Å²) in [4.78, 5) is 37.8. The molecule has 0 radical (unpaired) electrons. The minimum absolute atomic E-state index is 0.196. The van der Waals surface area contributed by atoms with Crippen molar-refractivity contribution in [2.75, 3.05) is 10.6 Å². The molecule has 0 saturated carbocycles. The molecule has 2 N–H and O–H groups in total. The minimum atomic E-state index is -0.636. The number of nitrogens with one attached hydrogen (secondary N) is 2. The van der Waals surface area contributed by atoms with E-state index in [1.165, 1.54) is 10.7 Å². The second-order valence-corrected chi connectivity index (χ2v) is 8.10. The third-order valence-corrected chi connectivity index (χ3v) is 4.56. The predicted octanol–water partition coefficient (Wildman–Crippen LogP) is 4.08. The maximum atomic E-state index is 13.0. The van der Waals surface area contributed by atoms with Crippen LogP contribution in [0.15, 0.2) is 59.4 Å². The molecule has 2 aromatic carbocycles. The summed E-state index contributed by atoms with van der Waals surface area (Å²) in [5.41, 5.74) is 1.25. The van der Waals surface area contributed by atoms with E-state index in [0.29, 0.717) is 22.6 Å². The van der Waals surface area contributed by atoms with Crippen LogP contribution in [0.4, 0.5) is 16.2 Å². The SMILES string of the molecule is Cc1c(NC(=O)c2cccc(NC(=O)OC(C)(C)C)c2)c(=O)n(-c2ccccc2)n1C. The van der Waals surface area contributed by atoms with Gasteiger partial charge in [0, 0.05) is 18.3 Å². The fourth-order valence-corrected chi connectivity index (χ4v) is 3.06. The van der Waals surface area contributed by atoms with Gasteiger partial charge < -0.3 is 10.1 Å². The van der Waals surface area contributed by atoms with Crippen molar-refractivity contribution in [3.8, 4) is 5.69 Å². The number of hydrogen-bond acceptors (Lipinski definition) is 4. The Morgan fingerprint density at radius 3 is 2.29 bits per heavy atom. The summed E-state index contributed by atoms with van der Waals surface area (Å²) in [5, 5.41) is 5.31. The number of ether oxygens (including phenoxy) is 1. The molecule has 31 heavy (non-hydrogen) atoms. The monoisotopic (exact) mass is 422 g/mol. The first kappa shape index (κ1) is 21.9. The fourth-order valence-electron chi connectivity index (χ4n) is 3.06. The van der Waals surface area contributed by atoms with E-state index in [2.05, 4.69) is 10.6 Å². The number of benzene rings is 2. The summed E-state index contributed by atoms with van der Waals surface area (Å²) in [6.07, 6.45) is -0.616. The number of rotatable bonds is 4. The Hall–Kier alpha value is -3.81. The number of carbonyl (C=O) groups is 2. The molecule has 0 fully saturated rings. The quantitative estimate of drug-likeness (QED) is 0.662. The Bertz CT molecular complexity index is 1170. The second-order valence-electron chi connectivity index (χ2n) is 8.10. The van der Waals surface area contributed by atoms with Gasteiger partial charge >= 0.3 is 6.09 Å². The lowest BCUT2D eigenvalue weighted by Crippen LogP contribution is -2.27. The third kappa shape index (κ3) is 5.03. The van der Waals surface area contributed by atoms with Gasteiger partial charge in [-0.15, -0.1) is 0 Å². The molecule has 8 heteroatoms. The Balaban J connectivity index is 1.83. The number of carbonyl (C=O) groups excluding carboxylic acids is 2. The van der Waals surface area contributed by atoms with Crippen LogP contribution in [0.2, 0.25) is 0 Å². The van der Waals surface area contributed by atoms with Crippen molar-refractivity contribution in [2.24, 2.45) is 7.05 Å². The topological polar surface area (TPSA) is 94.4 Å². The van der Waals surface area contributed by atoms with E-state index < -0.39 is 17.6 Å². The molecule has 3 rings (SSSR count). The second kappa shape index (κ2) is 8.51. The van der Waals surface area contributed by atoms with Crippen LogP contribution in [0.1, 0.15) is 36.8 Å². The molecule has 1 heterocycles. The van der Waals surface area contributed by atoms with E-state index in [-0.39, 0.29) is 11.2 Å². The zero-order valence-electron chi connectivity index (χ0n) is 18.2. The van der Waals surface area contributed by atoms with Gasteiger partial charge in [-0.2, -0.15) is 0 Å². The van der Waals surface area contributed by atoms with Gasteiger partial charge in [0.05, 0.1) is 11.4 Å². The lowest BCUT2D eigenvalue weighted by atomic mass is 10.2. The number of amides is 2. The van der Waals surface area contributed by atoms with Crippen molar-refractivity contribution in [1.29, 1.82) is 0 Å². The molecule has 0 unspecified atom stereocenters. The number of para-hydroxylation sites is 1. The van der Waals surface area contributed by atoms with Gasteiger partial charge in [0.2, 0.25) is 0 Å². The van der Waals surface area contributed by atoms with Gasteiger partial charge in [0.25, 0.3) is 11.5 Å². The van der Waals surface area contributed by atoms with Crippen LogP contribution in [-0.4, -0.2) is 27.0 Å². The first-order valence-electron chi connectivity index (χ1n) is 9.82. The molecule has 0 aliphatic rings. The first-order valence-corrected chi connectivity index (χ1v) is 9.82. The van der Waals surface area contributed by atoms with Crippen molar-refractivity contribution in [1.82, 2.24) is 9.36 Å². The Morgan fingerprint density at radius 1 is 0.968 bits per heavy atom. The maximum absolute atomic E-state index is 13.0. The first-order chi connectivity index (χ1) is 14.6. The molecular weight excluding hydrogens is 396 g/mol. The van der Waals surface area contributed by atoms with E-state index in [1.807, 2.05) is 30.3 Å². The zero-order valence-corrected chi connectivity index (χ0v) is 18.2. The van der Waals surface area contributed by atoms with Crippen molar-refractivity contribution < 1.29 is 14.3 Å². The van der Waals surface area contributed by atoms with Crippen LogP contribution >= 0.6 is 0 Å². The van der Waals surface area contributed by atoms with Gasteiger partial charge in [0.15, 0.2) is 0 Å². The van der Waals surface area contributed by atoms with Crippen LogP contribution in [0.25, 0.3) is 5.69 Å². The molecule has 3 aromatic rings. The minimum Gasteiger partial charge on any atom is -0.444 e. The molecule has 162 valence electrons. The molecule has 0 saturated heterocycles. The molecule has 8 nitrogen and oxygen atoms in total. The van der Waals surface area contributed by atoms with Gasteiger partial charge in [-0.3, -0.25) is 19.6 Å². The lowest BCUT2D eigenvalue weighted by Gasteiger charge is -2.19. The van der Waals surface area contributed by atoms with Crippen molar-refractivity contribution in [2.45, 2.75) is 33.3 Å². The predicted molar refractivity (Wildman–Crippen MR) is 120 cm³/mol. The van der Waals surface area contributed by atoms with Gasteiger partial charge in [-0.1, -0.05) is 24.3 Å². The molecule has 0 aliphatic heterocycles. The number of nitrogens with zero attached hydrogens (tertiary/aromatic N) is 2. The molecule has 0 bridgehead atoms. The van der Waals surface area contributed by atoms with Crippen LogP contribution in [0.5, 0.6) is 0 Å². The molecule has 2 amide bonds. The largest absolute Gasteiger partial charge is 0.444 e. The maximum Gasteiger partial charge on any atom is 0.412 e. The average molecular weight is 422 g/mol. The van der Waals surface area contributed by atoms with E-state index in [4.69, 9.17) is 4.74 Å². The molecule has 1 aromatic heterocycles. The number of aromatic nitrogens is 2. The van der Waals surface area contributed by atoms with E-state index >= 15 is 0 Å². The number of anilines is 2. The molecular formula is C23H26N4O4. The summed E-state index contributed by atoms with van der Waals surface area (Å²) >= 11 is 0. The number of hydrogen-bond donors (Lipinski definition) is 2. The highest BCUT2D eigenvalue weighted by atomic mass is 16.6. The Kier molecular flexibility index (Phi) is 6.01. The van der Waals surface area contributed by atoms with Crippen molar-refractivity contribution >= 4 is 23.4 Å². The standard InChI is InChI=1S/C23H26N4O4/c1-15-19(21(29)27(26(15)5)18-12-7-6-8-13-18)25-20(28)16-10-9-11-17(14-16)24-22(30)31-23(2,3)4/h6-14H,1-5H3,(H,24,30)(H,25,28). The van der Waals surface area contributed by atoms with Crippen LogP contribution < -0.4 is 16.2 Å². The zero-order chi connectivity index (χ0) is 22.8. The van der Waals surface area contributed by atoms with Gasteiger partial charge in [-0.25, -0.2) is 9.48 Å². The fraction of sp³-hybridized carbons (Fsp3) is 0.261. The summed E-state index contributed by atoms with van der Waals surface area (Å²) in [6, 6.07) is 15.6.